The highest BCUT2D eigenvalue weighted by atomic mass is 79.9. The molecule has 0 aliphatic carbocycles. The third-order valence-electron chi connectivity index (χ3n) is 5.24. The second-order valence-corrected chi connectivity index (χ2v) is 10.5. The maximum atomic E-state index is 13.3. The summed E-state index contributed by atoms with van der Waals surface area (Å²) < 4.78 is 28.8. The summed E-state index contributed by atoms with van der Waals surface area (Å²) >= 11 is 9.47. The van der Waals surface area contributed by atoms with Gasteiger partial charge in [0.1, 0.15) is 0 Å². The molecule has 0 spiro atoms. The van der Waals surface area contributed by atoms with E-state index in [0.29, 0.717) is 28.9 Å². The average molecular weight is 509 g/mol. The van der Waals surface area contributed by atoms with E-state index in [9.17, 15) is 13.2 Å². The first-order valence-corrected chi connectivity index (χ1v) is 12.0. The molecule has 4 rings (SSSR count). The molecule has 1 atom stereocenters. The number of hydrogen-bond acceptors (Lipinski definition) is 4. The lowest BCUT2D eigenvalue weighted by atomic mass is 10.1. The fourth-order valence-corrected chi connectivity index (χ4v) is 6.13. The molecule has 1 aliphatic heterocycles. The van der Waals surface area contributed by atoms with Crippen LogP contribution in [-0.4, -0.2) is 42.7 Å². The number of rotatable bonds is 4. The third kappa shape index (κ3) is 3.97. The predicted octanol–water partition coefficient (Wildman–Crippen LogP) is 4.15. The number of benzene rings is 2. The Labute approximate surface area is 188 Å². The molecule has 6 nitrogen and oxygen atoms in total. The lowest BCUT2D eigenvalue weighted by molar-refractivity contribution is 0.0939. The van der Waals surface area contributed by atoms with Crippen LogP contribution in [0.25, 0.3) is 10.8 Å². The number of amides is 1. The highest BCUT2D eigenvalue weighted by molar-refractivity contribution is 9.10. The smallest absolute Gasteiger partial charge is 0.253 e. The molecular formula is C21H19BrClN3O3S. The first-order chi connectivity index (χ1) is 14.3. The summed E-state index contributed by atoms with van der Waals surface area (Å²) in [6.07, 6.45) is 3.83. The summed E-state index contributed by atoms with van der Waals surface area (Å²) in [4.78, 5) is 17.0. The second-order valence-electron chi connectivity index (χ2n) is 7.25. The van der Waals surface area contributed by atoms with Gasteiger partial charge in [-0.3, -0.25) is 9.78 Å². The van der Waals surface area contributed by atoms with Gasteiger partial charge in [0.25, 0.3) is 5.91 Å². The lowest BCUT2D eigenvalue weighted by Gasteiger charge is -2.19. The quantitative estimate of drug-likeness (QED) is 0.574. The number of carbonyl (C=O) groups is 1. The fraction of sp³-hybridized carbons (Fsp3) is 0.238. The molecule has 0 saturated carbocycles. The zero-order chi connectivity index (χ0) is 21.5. The summed E-state index contributed by atoms with van der Waals surface area (Å²) in [6, 6.07) is 9.97. The van der Waals surface area contributed by atoms with Crippen molar-refractivity contribution in [1.82, 2.24) is 14.6 Å². The minimum atomic E-state index is -3.72. The van der Waals surface area contributed by atoms with Crippen LogP contribution in [-0.2, 0) is 10.0 Å². The Kier molecular flexibility index (Phi) is 5.85. The van der Waals surface area contributed by atoms with E-state index >= 15 is 0 Å². The van der Waals surface area contributed by atoms with E-state index in [1.165, 1.54) is 4.31 Å². The van der Waals surface area contributed by atoms with Crippen LogP contribution in [0, 0.1) is 6.92 Å². The van der Waals surface area contributed by atoms with Crippen LogP contribution < -0.4 is 5.32 Å². The molecule has 3 aromatic rings. The average Bonchev–Trinajstić information content (AvgIpc) is 3.17. The van der Waals surface area contributed by atoms with E-state index in [-0.39, 0.29) is 23.4 Å². The molecule has 1 aliphatic rings. The van der Waals surface area contributed by atoms with Crippen molar-refractivity contribution in [2.24, 2.45) is 0 Å². The number of hydrogen-bond donors (Lipinski definition) is 1. The van der Waals surface area contributed by atoms with E-state index in [1.54, 1.807) is 42.7 Å². The molecule has 1 amide bonds. The van der Waals surface area contributed by atoms with Crippen molar-refractivity contribution in [3.05, 3.63) is 69.4 Å². The first-order valence-electron chi connectivity index (χ1n) is 9.37. The highest BCUT2D eigenvalue weighted by Crippen LogP contribution is 2.29. The Morgan fingerprint density at radius 3 is 2.80 bits per heavy atom. The lowest BCUT2D eigenvalue weighted by Crippen LogP contribution is -2.38. The van der Waals surface area contributed by atoms with Gasteiger partial charge >= 0.3 is 0 Å². The zero-order valence-corrected chi connectivity index (χ0v) is 19.3. The Bertz CT molecular complexity index is 1250. The van der Waals surface area contributed by atoms with Gasteiger partial charge in [0.05, 0.1) is 15.5 Å². The van der Waals surface area contributed by atoms with Gasteiger partial charge in [-0.1, -0.05) is 39.7 Å². The monoisotopic (exact) mass is 507 g/mol. The maximum absolute atomic E-state index is 13.3. The Morgan fingerprint density at radius 2 is 2.03 bits per heavy atom. The van der Waals surface area contributed by atoms with Crippen molar-refractivity contribution < 1.29 is 13.2 Å². The Hall–Kier alpha value is -2.00. The van der Waals surface area contributed by atoms with E-state index < -0.39 is 10.0 Å². The SMILES string of the molecule is Cc1cncc2c(S(=O)(=O)N3CC[C@@H](NC(=O)c4ccc(Br)cc4Cl)C3)cccc12. The molecule has 0 bridgehead atoms. The van der Waals surface area contributed by atoms with Crippen molar-refractivity contribution in [2.75, 3.05) is 13.1 Å². The van der Waals surface area contributed by atoms with Crippen LogP contribution in [0.15, 0.2) is 58.2 Å². The van der Waals surface area contributed by atoms with Crippen LogP contribution >= 0.6 is 27.5 Å². The number of aromatic nitrogens is 1. The molecule has 2 aromatic carbocycles. The van der Waals surface area contributed by atoms with Gasteiger partial charge in [-0.05, 0) is 48.6 Å². The normalized spacial score (nSPS) is 17.4. The standard InChI is InChI=1S/C21H19BrClN3O3S/c1-13-10-24-11-18-16(13)3-2-4-20(18)30(28,29)26-8-7-15(12-26)25-21(27)17-6-5-14(22)9-19(17)23/h2-6,9-11,15H,7-8,12H2,1H3,(H,25,27)/t15-/m1/s1. The van der Waals surface area contributed by atoms with E-state index in [4.69, 9.17) is 11.6 Å². The summed E-state index contributed by atoms with van der Waals surface area (Å²) in [7, 11) is -3.72. The molecule has 1 N–H and O–H groups in total. The van der Waals surface area contributed by atoms with Crippen molar-refractivity contribution >= 4 is 54.2 Å². The molecular weight excluding hydrogens is 490 g/mol. The number of halogens is 2. The third-order valence-corrected chi connectivity index (χ3v) is 7.97. The zero-order valence-electron chi connectivity index (χ0n) is 16.1. The number of nitrogens with zero attached hydrogens (tertiary/aromatic N) is 2. The molecule has 0 radical (unpaired) electrons. The topological polar surface area (TPSA) is 79.4 Å². The van der Waals surface area contributed by atoms with Crippen LogP contribution in [0.3, 0.4) is 0 Å². The summed E-state index contributed by atoms with van der Waals surface area (Å²) in [5, 5.41) is 4.70. The molecule has 0 unspecified atom stereocenters. The summed E-state index contributed by atoms with van der Waals surface area (Å²) in [5.74, 6) is -0.318. The maximum Gasteiger partial charge on any atom is 0.253 e. The fourth-order valence-electron chi connectivity index (χ4n) is 3.68. The van der Waals surface area contributed by atoms with Gasteiger partial charge in [0, 0.05) is 41.4 Å². The van der Waals surface area contributed by atoms with Crippen molar-refractivity contribution in [1.29, 1.82) is 0 Å². The van der Waals surface area contributed by atoms with Crippen molar-refractivity contribution in [2.45, 2.75) is 24.3 Å². The Balaban J connectivity index is 1.54. The summed E-state index contributed by atoms with van der Waals surface area (Å²) in [5.41, 5.74) is 1.28. The van der Waals surface area contributed by atoms with Gasteiger partial charge in [-0.2, -0.15) is 4.31 Å². The van der Waals surface area contributed by atoms with E-state index in [0.717, 1.165) is 15.4 Å². The predicted molar refractivity (Wildman–Crippen MR) is 120 cm³/mol. The van der Waals surface area contributed by atoms with E-state index in [2.05, 4.69) is 26.2 Å². The summed E-state index contributed by atoms with van der Waals surface area (Å²) in [6.45, 7) is 2.44. The number of carbonyl (C=O) groups excluding carboxylic acids is 1. The largest absolute Gasteiger partial charge is 0.348 e. The molecule has 156 valence electrons. The highest BCUT2D eigenvalue weighted by Gasteiger charge is 2.34. The molecule has 1 fully saturated rings. The minimum Gasteiger partial charge on any atom is -0.348 e. The first kappa shape index (κ1) is 21.2. The number of aryl methyl sites for hydroxylation is 1. The van der Waals surface area contributed by atoms with Crippen LogP contribution in [0.2, 0.25) is 5.02 Å². The number of fused-ring (bicyclic) bond motifs is 1. The van der Waals surface area contributed by atoms with Gasteiger partial charge in [0.15, 0.2) is 0 Å². The molecule has 1 aromatic heterocycles. The molecule has 30 heavy (non-hydrogen) atoms. The van der Waals surface area contributed by atoms with Gasteiger partial charge in [0.2, 0.25) is 10.0 Å². The second kappa shape index (κ2) is 8.26. The number of nitrogens with one attached hydrogen (secondary N) is 1. The van der Waals surface area contributed by atoms with Crippen LogP contribution in [0.1, 0.15) is 22.3 Å². The van der Waals surface area contributed by atoms with Crippen molar-refractivity contribution in [3.8, 4) is 0 Å². The molecule has 2 heterocycles. The van der Waals surface area contributed by atoms with E-state index in [1.807, 2.05) is 13.0 Å². The van der Waals surface area contributed by atoms with Crippen LogP contribution in [0.4, 0.5) is 0 Å². The van der Waals surface area contributed by atoms with Crippen LogP contribution in [0.5, 0.6) is 0 Å². The van der Waals surface area contributed by atoms with Gasteiger partial charge < -0.3 is 5.32 Å². The minimum absolute atomic E-state index is 0.206. The number of pyridine rings is 1. The molecule has 9 heteroatoms. The van der Waals surface area contributed by atoms with Gasteiger partial charge in [-0.15, -0.1) is 0 Å². The van der Waals surface area contributed by atoms with Crippen molar-refractivity contribution in [3.63, 3.8) is 0 Å². The molecule has 1 saturated heterocycles. The van der Waals surface area contributed by atoms with Gasteiger partial charge in [-0.25, -0.2) is 8.42 Å². The number of sulfonamides is 1. The Morgan fingerprint density at radius 1 is 1.23 bits per heavy atom.